The summed E-state index contributed by atoms with van der Waals surface area (Å²) in [4.78, 5) is 18.9. The molecule has 0 spiro atoms. The van der Waals surface area contributed by atoms with Crippen LogP contribution in [0.5, 0.6) is 5.75 Å². The van der Waals surface area contributed by atoms with Crippen molar-refractivity contribution < 1.29 is 9.53 Å². The first-order valence-corrected chi connectivity index (χ1v) is 7.30. The van der Waals surface area contributed by atoms with E-state index < -0.39 is 0 Å². The number of thiocarbonyl (C=S) groups is 1. The molecule has 0 aromatic carbocycles. The summed E-state index contributed by atoms with van der Waals surface area (Å²) in [7, 11) is 1.53. The minimum absolute atomic E-state index is 0.123. The maximum Gasteiger partial charge on any atom is 0.255 e. The van der Waals surface area contributed by atoms with E-state index in [-0.39, 0.29) is 11.9 Å². The van der Waals surface area contributed by atoms with Gasteiger partial charge < -0.3 is 15.8 Å². The van der Waals surface area contributed by atoms with Crippen LogP contribution in [0.25, 0.3) is 0 Å². The molecule has 7 heteroatoms. The average molecular weight is 308 g/mol. The molecule has 1 amide bonds. The fraction of sp³-hybridized carbons (Fsp3) is 0.500. The third kappa shape index (κ3) is 4.37. The van der Waals surface area contributed by atoms with Gasteiger partial charge in [0.05, 0.1) is 23.9 Å². The summed E-state index contributed by atoms with van der Waals surface area (Å²) < 4.78 is 5.16. The first-order valence-electron chi connectivity index (χ1n) is 6.89. The Hall–Kier alpha value is -1.73. The number of pyridine rings is 1. The normalized spacial score (nSPS) is 16.4. The van der Waals surface area contributed by atoms with E-state index in [0.29, 0.717) is 22.8 Å². The summed E-state index contributed by atoms with van der Waals surface area (Å²) >= 11 is 4.91. The Morgan fingerprint density at radius 3 is 2.90 bits per heavy atom. The van der Waals surface area contributed by atoms with E-state index in [1.54, 1.807) is 18.5 Å². The number of nitrogens with two attached hydrogens (primary N) is 1. The minimum Gasteiger partial charge on any atom is -0.494 e. The number of likely N-dealkylation sites (tertiary alicyclic amines) is 1. The number of nitrogens with zero attached hydrogens (tertiary/aromatic N) is 2. The fourth-order valence-corrected chi connectivity index (χ4v) is 2.63. The van der Waals surface area contributed by atoms with Crippen molar-refractivity contribution in [3.8, 4) is 5.75 Å². The Labute approximate surface area is 129 Å². The Morgan fingerprint density at radius 1 is 1.57 bits per heavy atom. The summed E-state index contributed by atoms with van der Waals surface area (Å²) in [5, 5.41) is 3.05. The molecule has 0 radical (unpaired) electrons. The number of carbonyl (C=O) groups excluding carboxylic acids is 1. The first-order chi connectivity index (χ1) is 10.1. The molecular weight excluding hydrogens is 288 g/mol. The Balaban J connectivity index is 1.88. The zero-order valence-corrected chi connectivity index (χ0v) is 12.9. The molecule has 21 heavy (non-hydrogen) atoms. The largest absolute Gasteiger partial charge is 0.494 e. The number of methoxy groups -OCH3 is 1. The molecule has 2 rings (SSSR count). The lowest BCUT2D eigenvalue weighted by Crippen LogP contribution is -2.46. The van der Waals surface area contributed by atoms with Crippen LogP contribution in [0.2, 0.25) is 0 Å². The highest BCUT2D eigenvalue weighted by atomic mass is 32.1. The topological polar surface area (TPSA) is 80.5 Å². The van der Waals surface area contributed by atoms with Crippen LogP contribution in [0.15, 0.2) is 18.5 Å². The van der Waals surface area contributed by atoms with Gasteiger partial charge in [0, 0.05) is 31.9 Å². The molecule has 1 fully saturated rings. The smallest absolute Gasteiger partial charge is 0.255 e. The maximum absolute atomic E-state index is 12.3. The number of ether oxygens (including phenoxy) is 1. The lowest BCUT2D eigenvalue weighted by atomic mass is 10.0. The highest BCUT2D eigenvalue weighted by Crippen LogP contribution is 2.17. The Morgan fingerprint density at radius 2 is 2.29 bits per heavy atom. The number of hydrogen-bond acceptors (Lipinski definition) is 5. The third-order valence-electron chi connectivity index (χ3n) is 3.55. The zero-order valence-electron chi connectivity index (χ0n) is 12.0. The molecule has 2 heterocycles. The van der Waals surface area contributed by atoms with Gasteiger partial charge in [-0.15, -0.1) is 0 Å². The number of aromatic nitrogens is 1. The quantitative estimate of drug-likeness (QED) is 0.774. The van der Waals surface area contributed by atoms with Crippen molar-refractivity contribution in [2.24, 2.45) is 5.73 Å². The van der Waals surface area contributed by atoms with Crippen molar-refractivity contribution >= 4 is 23.1 Å². The molecule has 1 saturated heterocycles. The summed E-state index contributed by atoms with van der Waals surface area (Å²) in [6.07, 6.45) is 4.91. The molecule has 1 aliphatic rings. The first kappa shape index (κ1) is 15.7. The van der Waals surface area contributed by atoms with Gasteiger partial charge in [-0.3, -0.25) is 14.7 Å². The second-order valence-electron chi connectivity index (χ2n) is 5.07. The van der Waals surface area contributed by atoms with Gasteiger partial charge in [-0.2, -0.15) is 0 Å². The summed E-state index contributed by atoms with van der Waals surface area (Å²) in [6, 6.07) is 1.83. The third-order valence-corrected chi connectivity index (χ3v) is 3.68. The van der Waals surface area contributed by atoms with Gasteiger partial charge in [0.1, 0.15) is 5.75 Å². The molecule has 1 aliphatic heterocycles. The Kier molecular flexibility index (Phi) is 5.46. The van der Waals surface area contributed by atoms with E-state index in [1.165, 1.54) is 7.11 Å². The molecular formula is C14H20N4O2S. The van der Waals surface area contributed by atoms with Gasteiger partial charge in [-0.25, -0.2) is 0 Å². The van der Waals surface area contributed by atoms with Crippen LogP contribution in [0, 0.1) is 0 Å². The molecule has 6 nitrogen and oxygen atoms in total. The standard InChI is InChI=1S/C14H20N4O2S/c1-20-12-8-16-5-2-11(12)14(19)17-10-3-6-18(7-4-10)9-13(15)21/h2,5,8,10H,3-4,6-7,9H2,1H3,(H2,15,21)(H,17,19). The Bertz CT molecular complexity index is 515. The lowest BCUT2D eigenvalue weighted by molar-refractivity contribution is 0.0911. The summed E-state index contributed by atoms with van der Waals surface area (Å²) in [6.45, 7) is 2.42. The number of hydrogen-bond donors (Lipinski definition) is 2. The summed E-state index contributed by atoms with van der Waals surface area (Å²) in [5.41, 5.74) is 6.06. The van der Waals surface area contributed by atoms with Crippen LogP contribution in [-0.2, 0) is 0 Å². The predicted molar refractivity (Wildman–Crippen MR) is 84.5 cm³/mol. The second-order valence-corrected chi connectivity index (χ2v) is 5.59. The number of carbonyl (C=O) groups is 1. The van der Waals surface area contributed by atoms with E-state index in [4.69, 9.17) is 22.7 Å². The lowest BCUT2D eigenvalue weighted by Gasteiger charge is -2.32. The van der Waals surface area contributed by atoms with Crippen molar-refractivity contribution in [2.45, 2.75) is 18.9 Å². The second kappa shape index (κ2) is 7.33. The predicted octanol–water partition coefficient (Wildman–Crippen LogP) is 0.571. The van der Waals surface area contributed by atoms with Crippen molar-refractivity contribution in [1.82, 2.24) is 15.2 Å². The van der Waals surface area contributed by atoms with Crippen LogP contribution in [-0.4, -0.2) is 53.6 Å². The van der Waals surface area contributed by atoms with Crippen LogP contribution in [0.1, 0.15) is 23.2 Å². The van der Waals surface area contributed by atoms with Gasteiger partial charge in [0.2, 0.25) is 0 Å². The van der Waals surface area contributed by atoms with E-state index >= 15 is 0 Å². The molecule has 0 unspecified atom stereocenters. The molecule has 0 bridgehead atoms. The van der Waals surface area contributed by atoms with Crippen molar-refractivity contribution in [2.75, 3.05) is 26.7 Å². The number of nitrogens with one attached hydrogen (secondary N) is 1. The number of rotatable bonds is 5. The molecule has 0 saturated carbocycles. The van der Waals surface area contributed by atoms with E-state index in [2.05, 4.69) is 15.2 Å². The van der Waals surface area contributed by atoms with Crippen LogP contribution in [0.4, 0.5) is 0 Å². The van der Waals surface area contributed by atoms with Crippen LogP contribution < -0.4 is 15.8 Å². The van der Waals surface area contributed by atoms with Crippen molar-refractivity contribution in [1.29, 1.82) is 0 Å². The monoisotopic (exact) mass is 308 g/mol. The van der Waals surface area contributed by atoms with Gasteiger partial charge in [-0.1, -0.05) is 12.2 Å². The number of piperidine rings is 1. The zero-order chi connectivity index (χ0) is 15.2. The molecule has 1 aromatic heterocycles. The van der Waals surface area contributed by atoms with Crippen molar-refractivity contribution in [3.05, 3.63) is 24.0 Å². The van der Waals surface area contributed by atoms with Gasteiger partial charge >= 0.3 is 0 Å². The van der Waals surface area contributed by atoms with Crippen LogP contribution >= 0.6 is 12.2 Å². The highest BCUT2D eigenvalue weighted by Gasteiger charge is 2.22. The maximum atomic E-state index is 12.3. The average Bonchev–Trinajstić information content (AvgIpc) is 2.48. The van der Waals surface area contributed by atoms with E-state index in [1.807, 2.05) is 0 Å². The molecule has 114 valence electrons. The number of amides is 1. The molecule has 0 aliphatic carbocycles. The van der Waals surface area contributed by atoms with Gasteiger partial charge in [-0.05, 0) is 18.9 Å². The SMILES string of the molecule is COc1cnccc1C(=O)NC1CCN(CC(N)=S)CC1. The fourth-order valence-electron chi connectivity index (χ4n) is 2.45. The minimum atomic E-state index is -0.123. The van der Waals surface area contributed by atoms with Crippen molar-refractivity contribution in [3.63, 3.8) is 0 Å². The van der Waals surface area contributed by atoms with Crippen LogP contribution in [0.3, 0.4) is 0 Å². The van der Waals surface area contributed by atoms with E-state index in [0.717, 1.165) is 25.9 Å². The van der Waals surface area contributed by atoms with Gasteiger partial charge in [0.25, 0.3) is 5.91 Å². The van der Waals surface area contributed by atoms with Gasteiger partial charge in [0.15, 0.2) is 0 Å². The highest BCUT2D eigenvalue weighted by molar-refractivity contribution is 7.80. The molecule has 3 N–H and O–H groups in total. The summed E-state index contributed by atoms with van der Waals surface area (Å²) in [5.74, 6) is 0.364. The molecule has 0 atom stereocenters. The molecule has 1 aromatic rings. The van der Waals surface area contributed by atoms with E-state index in [9.17, 15) is 4.79 Å².